The van der Waals surface area contributed by atoms with Crippen LogP contribution in [0.2, 0.25) is 0 Å². The van der Waals surface area contributed by atoms with Gasteiger partial charge in [0.1, 0.15) is 23.7 Å². The fraction of sp³-hybridized carbons (Fsp3) is 0.571. The van der Waals surface area contributed by atoms with Crippen molar-refractivity contribution in [3.8, 4) is 0 Å². The lowest BCUT2D eigenvalue weighted by Crippen LogP contribution is -2.21. The van der Waals surface area contributed by atoms with Gasteiger partial charge in [-0.05, 0) is 32.0 Å². The van der Waals surface area contributed by atoms with Crippen molar-refractivity contribution in [1.29, 1.82) is 0 Å². The maximum Gasteiger partial charge on any atom is 0.138 e. The van der Waals surface area contributed by atoms with Gasteiger partial charge in [0.25, 0.3) is 0 Å². The second-order valence-electron chi connectivity index (χ2n) is 5.25. The highest BCUT2D eigenvalue weighted by Crippen LogP contribution is 2.19. The highest BCUT2D eigenvalue weighted by Gasteiger charge is 2.17. The number of hydrogen-bond donors (Lipinski definition) is 1. The van der Waals surface area contributed by atoms with Crippen molar-refractivity contribution < 1.29 is 4.42 Å². The number of furan rings is 1. The molecule has 0 saturated carbocycles. The monoisotopic (exact) mass is 262 g/mol. The Kier molecular flexibility index (Phi) is 4.37. The van der Waals surface area contributed by atoms with Crippen LogP contribution in [0.25, 0.3) is 0 Å². The van der Waals surface area contributed by atoms with Gasteiger partial charge in [-0.2, -0.15) is 5.10 Å². The number of rotatable bonds is 6. The summed E-state index contributed by atoms with van der Waals surface area (Å²) >= 11 is 0. The average molecular weight is 262 g/mol. The molecule has 0 bridgehead atoms. The van der Waals surface area contributed by atoms with Crippen LogP contribution >= 0.6 is 0 Å². The number of aromatic nitrogens is 3. The van der Waals surface area contributed by atoms with Crippen LogP contribution in [0.1, 0.15) is 37.2 Å². The van der Waals surface area contributed by atoms with E-state index >= 15 is 0 Å². The van der Waals surface area contributed by atoms with Crippen molar-refractivity contribution in [2.75, 3.05) is 7.05 Å². The molecule has 0 amide bonds. The van der Waals surface area contributed by atoms with Crippen LogP contribution < -0.4 is 5.32 Å². The minimum Gasteiger partial charge on any atom is -0.465 e. The lowest BCUT2D eigenvalue weighted by atomic mass is 10.1. The molecule has 0 aliphatic heterocycles. The molecule has 2 aromatic rings. The summed E-state index contributed by atoms with van der Waals surface area (Å²) in [6.45, 7) is 7.20. The summed E-state index contributed by atoms with van der Waals surface area (Å²) < 4.78 is 7.66. The number of aryl methyl sites for hydroxylation is 1. The molecule has 0 aliphatic carbocycles. The standard InChI is InChI=1S/C14H22N4O/c1-10(2)8-18-14(16-9-17-18)7-12(15-4)13-6-5-11(3)19-13/h5-6,9-10,12,15H,7-8H2,1-4H3. The molecule has 1 unspecified atom stereocenters. The van der Waals surface area contributed by atoms with Crippen LogP contribution in [0.3, 0.4) is 0 Å². The van der Waals surface area contributed by atoms with Gasteiger partial charge in [-0.3, -0.25) is 0 Å². The minimum absolute atomic E-state index is 0.129. The minimum atomic E-state index is 0.129. The van der Waals surface area contributed by atoms with E-state index in [9.17, 15) is 0 Å². The lowest BCUT2D eigenvalue weighted by molar-refractivity contribution is 0.397. The van der Waals surface area contributed by atoms with Gasteiger partial charge in [0.05, 0.1) is 6.04 Å². The molecule has 2 aromatic heterocycles. The zero-order valence-electron chi connectivity index (χ0n) is 12.1. The van der Waals surface area contributed by atoms with Gasteiger partial charge in [0.15, 0.2) is 0 Å². The van der Waals surface area contributed by atoms with Gasteiger partial charge < -0.3 is 9.73 Å². The second-order valence-corrected chi connectivity index (χ2v) is 5.25. The van der Waals surface area contributed by atoms with E-state index in [1.54, 1.807) is 6.33 Å². The largest absolute Gasteiger partial charge is 0.465 e. The molecule has 1 atom stereocenters. The molecular formula is C14H22N4O. The van der Waals surface area contributed by atoms with Crippen molar-refractivity contribution in [3.63, 3.8) is 0 Å². The van der Waals surface area contributed by atoms with Crippen LogP contribution in [0, 0.1) is 12.8 Å². The Labute approximate surface area is 114 Å². The van der Waals surface area contributed by atoms with Crippen LogP contribution in [0.15, 0.2) is 22.9 Å². The SMILES string of the molecule is CNC(Cc1ncnn1CC(C)C)c1ccc(C)o1. The van der Waals surface area contributed by atoms with Gasteiger partial charge in [-0.25, -0.2) is 9.67 Å². The van der Waals surface area contributed by atoms with Crippen molar-refractivity contribution in [1.82, 2.24) is 20.1 Å². The zero-order valence-corrected chi connectivity index (χ0v) is 12.1. The first-order valence-electron chi connectivity index (χ1n) is 6.70. The molecule has 0 aliphatic rings. The summed E-state index contributed by atoms with van der Waals surface area (Å²) in [4.78, 5) is 4.36. The highest BCUT2D eigenvalue weighted by molar-refractivity contribution is 5.11. The van der Waals surface area contributed by atoms with Gasteiger partial charge in [-0.15, -0.1) is 0 Å². The summed E-state index contributed by atoms with van der Waals surface area (Å²) in [5.74, 6) is 3.42. The third-order valence-electron chi connectivity index (χ3n) is 3.07. The molecule has 104 valence electrons. The predicted octanol–water partition coefficient (Wildman–Crippen LogP) is 2.34. The van der Waals surface area contributed by atoms with Gasteiger partial charge in [-0.1, -0.05) is 13.8 Å². The Morgan fingerprint density at radius 2 is 2.16 bits per heavy atom. The first-order chi connectivity index (χ1) is 9.10. The molecular weight excluding hydrogens is 240 g/mol. The Morgan fingerprint density at radius 3 is 2.74 bits per heavy atom. The van der Waals surface area contributed by atoms with E-state index < -0.39 is 0 Å². The molecule has 2 heterocycles. The smallest absolute Gasteiger partial charge is 0.138 e. The van der Waals surface area contributed by atoms with Crippen molar-refractivity contribution >= 4 is 0 Å². The van der Waals surface area contributed by atoms with Crippen LogP contribution in [0.5, 0.6) is 0 Å². The number of likely N-dealkylation sites (N-methyl/N-ethyl adjacent to an activating group) is 1. The first kappa shape index (κ1) is 13.8. The quantitative estimate of drug-likeness (QED) is 0.868. The molecule has 0 aromatic carbocycles. The molecule has 0 fully saturated rings. The van der Waals surface area contributed by atoms with Gasteiger partial charge in [0, 0.05) is 13.0 Å². The fourth-order valence-electron chi connectivity index (χ4n) is 2.11. The second kappa shape index (κ2) is 6.02. The van der Waals surface area contributed by atoms with Crippen LogP contribution in [0.4, 0.5) is 0 Å². The van der Waals surface area contributed by atoms with Crippen LogP contribution in [-0.4, -0.2) is 21.8 Å². The Morgan fingerprint density at radius 1 is 1.37 bits per heavy atom. The van der Waals surface area contributed by atoms with Crippen molar-refractivity contribution in [3.05, 3.63) is 35.8 Å². The third kappa shape index (κ3) is 3.44. The Hall–Kier alpha value is -1.62. The van der Waals surface area contributed by atoms with E-state index in [2.05, 4.69) is 29.2 Å². The number of nitrogens with one attached hydrogen (secondary N) is 1. The maximum absolute atomic E-state index is 5.69. The summed E-state index contributed by atoms with van der Waals surface area (Å²) in [6, 6.07) is 4.13. The van der Waals surface area contributed by atoms with E-state index in [1.807, 2.05) is 30.8 Å². The first-order valence-corrected chi connectivity index (χ1v) is 6.70. The molecule has 5 nitrogen and oxygen atoms in total. The van der Waals surface area contributed by atoms with E-state index in [1.165, 1.54) is 0 Å². The molecule has 0 radical (unpaired) electrons. The van der Waals surface area contributed by atoms with E-state index in [-0.39, 0.29) is 6.04 Å². The topological polar surface area (TPSA) is 55.9 Å². The molecule has 0 spiro atoms. The molecule has 2 rings (SSSR count). The normalized spacial score (nSPS) is 13.1. The molecule has 19 heavy (non-hydrogen) atoms. The van der Waals surface area contributed by atoms with E-state index in [4.69, 9.17) is 4.42 Å². The molecule has 1 N–H and O–H groups in total. The van der Waals surface area contributed by atoms with Gasteiger partial charge >= 0.3 is 0 Å². The summed E-state index contributed by atoms with van der Waals surface area (Å²) in [5.41, 5.74) is 0. The Balaban J connectivity index is 2.12. The summed E-state index contributed by atoms with van der Waals surface area (Å²) in [7, 11) is 1.94. The van der Waals surface area contributed by atoms with Gasteiger partial charge in [0.2, 0.25) is 0 Å². The van der Waals surface area contributed by atoms with Crippen molar-refractivity contribution in [2.24, 2.45) is 5.92 Å². The highest BCUT2D eigenvalue weighted by atomic mass is 16.3. The average Bonchev–Trinajstić information content (AvgIpc) is 2.95. The predicted molar refractivity (Wildman–Crippen MR) is 73.8 cm³/mol. The lowest BCUT2D eigenvalue weighted by Gasteiger charge is -2.14. The fourth-order valence-corrected chi connectivity index (χ4v) is 2.11. The number of hydrogen-bond acceptors (Lipinski definition) is 4. The van der Waals surface area contributed by atoms with E-state index in [0.717, 1.165) is 30.3 Å². The maximum atomic E-state index is 5.69. The third-order valence-corrected chi connectivity index (χ3v) is 3.07. The van der Waals surface area contributed by atoms with E-state index in [0.29, 0.717) is 5.92 Å². The molecule has 0 saturated heterocycles. The zero-order chi connectivity index (χ0) is 13.8. The summed E-state index contributed by atoms with van der Waals surface area (Å²) in [6.07, 6.45) is 2.40. The molecule has 5 heteroatoms. The summed E-state index contributed by atoms with van der Waals surface area (Å²) in [5, 5.41) is 7.57. The Bertz CT molecular complexity index is 515. The van der Waals surface area contributed by atoms with Crippen molar-refractivity contribution in [2.45, 2.75) is 39.8 Å². The van der Waals surface area contributed by atoms with Crippen LogP contribution in [-0.2, 0) is 13.0 Å². The number of nitrogens with zero attached hydrogens (tertiary/aromatic N) is 3.